The Morgan fingerprint density at radius 3 is 2.94 bits per heavy atom. The van der Waals surface area contributed by atoms with Crippen molar-refractivity contribution in [1.29, 1.82) is 0 Å². The molecule has 0 aliphatic carbocycles. The summed E-state index contributed by atoms with van der Waals surface area (Å²) in [5.41, 5.74) is 8.71. The SMILES string of the molecule is CCC(N)c1ccccc1N1CCOC(C)C1. The van der Waals surface area contributed by atoms with Gasteiger partial charge in [0.25, 0.3) is 0 Å². The quantitative estimate of drug-likeness (QED) is 0.872. The molecule has 0 aromatic heterocycles. The Hall–Kier alpha value is -1.06. The monoisotopic (exact) mass is 234 g/mol. The number of nitrogens with zero attached hydrogens (tertiary/aromatic N) is 1. The lowest BCUT2D eigenvalue weighted by atomic mass is 10.0. The van der Waals surface area contributed by atoms with Crippen LogP contribution in [0.5, 0.6) is 0 Å². The topological polar surface area (TPSA) is 38.5 Å². The number of ether oxygens (including phenoxy) is 1. The molecule has 2 unspecified atom stereocenters. The summed E-state index contributed by atoms with van der Waals surface area (Å²) in [7, 11) is 0. The van der Waals surface area contributed by atoms with Crippen molar-refractivity contribution in [2.75, 3.05) is 24.6 Å². The summed E-state index contributed by atoms with van der Waals surface area (Å²) >= 11 is 0. The minimum Gasteiger partial charge on any atom is -0.375 e. The van der Waals surface area contributed by atoms with Gasteiger partial charge in [0.2, 0.25) is 0 Å². The maximum atomic E-state index is 6.18. The van der Waals surface area contributed by atoms with E-state index in [9.17, 15) is 0 Å². The van der Waals surface area contributed by atoms with E-state index in [1.54, 1.807) is 0 Å². The van der Waals surface area contributed by atoms with Crippen LogP contribution in [0.25, 0.3) is 0 Å². The molecule has 2 N–H and O–H groups in total. The molecule has 0 amide bonds. The van der Waals surface area contributed by atoms with Crippen LogP contribution in [0.15, 0.2) is 24.3 Å². The van der Waals surface area contributed by atoms with Gasteiger partial charge in [-0.15, -0.1) is 0 Å². The van der Waals surface area contributed by atoms with Crippen LogP contribution in [0.2, 0.25) is 0 Å². The molecular formula is C14H22N2O. The van der Waals surface area contributed by atoms with Crippen LogP contribution >= 0.6 is 0 Å². The lowest BCUT2D eigenvalue weighted by molar-refractivity contribution is 0.0531. The molecule has 1 saturated heterocycles. The van der Waals surface area contributed by atoms with E-state index in [2.05, 4.69) is 43.0 Å². The van der Waals surface area contributed by atoms with Crippen molar-refractivity contribution in [1.82, 2.24) is 0 Å². The highest BCUT2D eigenvalue weighted by Gasteiger charge is 2.20. The Balaban J connectivity index is 2.24. The van der Waals surface area contributed by atoms with E-state index in [0.717, 1.165) is 26.1 Å². The van der Waals surface area contributed by atoms with E-state index in [4.69, 9.17) is 10.5 Å². The van der Waals surface area contributed by atoms with Crippen LogP contribution in [0, 0.1) is 0 Å². The van der Waals surface area contributed by atoms with Gasteiger partial charge >= 0.3 is 0 Å². The summed E-state index contributed by atoms with van der Waals surface area (Å²) in [4.78, 5) is 2.39. The van der Waals surface area contributed by atoms with Gasteiger partial charge in [0.15, 0.2) is 0 Å². The number of hydrogen-bond acceptors (Lipinski definition) is 3. The van der Waals surface area contributed by atoms with E-state index in [1.165, 1.54) is 11.3 Å². The molecule has 1 fully saturated rings. The van der Waals surface area contributed by atoms with Crippen LogP contribution in [0.4, 0.5) is 5.69 Å². The lowest BCUT2D eigenvalue weighted by Crippen LogP contribution is -2.41. The highest BCUT2D eigenvalue weighted by molar-refractivity contribution is 5.55. The highest BCUT2D eigenvalue weighted by atomic mass is 16.5. The Morgan fingerprint density at radius 2 is 2.24 bits per heavy atom. The zero-order chi connectivity index (χ0) is 12.3. The summed E-state index contributed by atoms with van der Waals surface area (Å²) in [6, 6.07) is 8.59. The van der Waals surface area contributed by atoms with Crippen LogP contribution in [-0.4, -0.2) is 25.8 Å². The Labute approximate surface area is 104 Å². The van der Waals surface area contributed by atoms with Gasteiger partial charge in [-0.3, -0.25) is 0 Å². The average Bonchev–Trinajstić information content (AvgIpc) is 2.38. The van der Waals surface area contributed by atoms with Crippen LogP contribution in [0.1, 0.15) is 31.9 Å². The minimum absolute atomic E-state index is 0.129. The largest absolute Gasteiger partial charge is 0.375 e. The zero-order valence-corrected chi connectivity index (χ0v) is 10.7. The predicted molar refractivity (Wildman–Crippen MR) is 71.3 cm³/mol. The van der Waals surface area contributed by atoms with E-state index in [0.29, 0.717) is 6.10 Å². The van der Waals surface area contributed by atoms with E-state index >= 15 is 0 Å². The molecule has 0 radical (unpaired) electrons. The van der Waals surface area contributed by atoms with Gasteiger partial charge in [-0.05, 0) is 25.0 Å². The first-order valence-corrected chi connectivity index (χ1v) is 6.43. The number of para-hydroxylation sites is 1. The van der Waals surface area contributed by atoms with Gasteiger partial charge in [0, 0.05) is 24.8 Å². The Bertz CT molecular complexity index is 367. The highest BCUT2D eigenvalue weighted by Crippen LogP contribution is 2.27. The maximum absolute atomic E-state index is 6.18. The number of benzene rings is 1. The normalized spacial score (nSPS) is 22.5. The van der Waals surface area contributed by atoms with Crippen molar-refractivity contribution in [3.63, 3.8) is 0 Å². The Kier molecular flexibility index (Phi) is 4.02. The average molecular weight is 234 g/mol. The van der Waals surface area contributed by atoms with Crippen molar-refractivity contribution in [3.8, 4) is 0 Å². The molecule has 1 heterocycles. The molecule has 3 nitrogen and oxygen atoms in total. The molecule has 0 saturated carbocycles. The molecule has 17 heavy (non-hydrogen) atoms. The maximum Gasteiger partial charge on any atom is 0.0722 e. The van der Waals surface area contributed by atoms with Gasteiger partial charge in [-0.25, -0.2) is 0 Å². The van der Waals surface area contributed by atoms with Gasteiger partial charge < -0.3 is 15.4 Å². The fourth-order valence-electron chi connectivity index (χ4n) is 2.35. The smallest absolute Gasteiger partial charge is 0.0722 e. The van der Waals surface area contributed by atoms with E-state index < -0.39 is 0 Å². The first-order valence-electron chi connectivity index (χ1n) is 6.43. The van der Waals surface area contributed by atoms with Gasteiger partial charge in [-0.1, -0.05) is 25.1 Å². The van der Waals surface area contributed by atoms with Crippen LogP contribution < -0.4 is 10.6 Å². The Morgan fingerprint density at radius 1 is 1.47 bits per heavy atom. The number of rotatable bonds is 3. The third-order valence-electron chi connectivity index (χ3n) is 3.36. The van der Waals surface area contributed by atoms with Crippen molar-refractivity contribution in [2.45, 2.75) is 32.4 Å². The second kappa shape index (κ2) is 5.52. The van der Waals surface area contributed by atoms with Crippen molar-refractivity contribution < 1.29 is 4.74 Å². The second-order valence-corrected chi connectivity index (χ2v) is 4.70. The molecule has 94 valence electrons. The summed E-state index contributed by atoms with van der Waals surface area (Å²) < 4.78 is 5.58. The fraction of sp³-hybridized carbons (Fsp3) is 0.571. The molecule has 1 aliphatic rings. The van der Waals surface area contributed by atoms with Crippen molar-refractivity contribution >= 4 is 5.69 Å². The predicted octanol–water partition coefficient (Wildman–Crippen LogP) is 2.32. The van der Waals surface area contributed by atoms with Crippen LogP contribution in [0.3, 0.4) is 0 Å². The standard InChI is InChI=1S/C14H22N2O/c1-3-13(15)12-6-4-5-7-14(12)16-8-9-17-11(2)10-16/h4-7,11,13H,3,8-10,15H2,1-2H3. The summed E-state index contributed by atoms with van der Waals surface area (Å²) in [5, 5.41) is 0. The van der Waals surface area contributed by atoms with Crippen molar-refractivity contribution in [2.24, 2.45) is 5.73 Å². The summed E-state index contributed by atoms with van der Waals surface area (Å²) in [6.45, 7) is 6.96. The van der Waals surface area contributed by atoms with Crippen LogP contribution in [-0.2, 0) is 4.74 Å². The summed E-state index contributed by atoms with van der Waals surface area (Å²) in [5.74, 6) is 0. The third kappa shape index (κ3) is 2.79. The first-order chi connectivity index (χ1) is 8.22. The molecule has 3 heteroatoms. The number of hydrogen-bond donors (Lipinski definition) is 1. The third-order valence-corrected chi connectivity index (χ3v) is 3.36. The lowest BCUT2D eigenvalue weighted by Gasteiger charge is -2.35. The molecule has 1 aromatic carbocycles. The van der Waals surface area contributed by atoms with Gasteiger partial charge in [0.1, 0.15) is 0 Å². The molecular weight excluding hydrogens is 212 g/mol. The zero-order valence-electron chi connectivity index (χ0n) is 10.7. The molecule has 1 aliphatic heterocycles. The first kappa shape index (κ1) is 12.4. The van der Waals surface area contributed by atoms with E-state index in [-0.39, 0.29) is 6.04 Å². The van der Waals surface area contributed by atoms with E-state index in [1.807, 2.05) is 0 Å². The summed E-state index contributed by atoms with van der Waals surface area (Å²) in [6.07, 6.45) is 1.27. The second-order valence-electron chi connectivity index (χ2n) is 4.70. The number of morpholine rings is 1. The number of nitrogens with two attached hydrogens (primary N) is 1. The molecule has 2 atom stereocenters. The number of anilines is 1. The molecule has 0 bridgehead atoms. The molecule has 0 spiro atoms. The fourth-order valence-corrected chi connectivity index (χ4v) is 2.35. The molecule has 1 aromatic rings. The van der Waals surface area contributed by atoms with Gasteiger partial charge in [-0.2, -0.15) is 0 Å². The molecule has 2 rings (SSSR count). The van der Waals surface area contributed by atoms with Crippen molar-refractivity contribution in [3.05, 3.63) is 29.8 Å². The minimum atomic E-state index is 0.129. The van der Waals surface area contributed by atoms with Gasteiger partial charge in [0.05, 0.1) is 12.7 Å².